The maximum Gasteiger partial charge on any atom is 0.257 e. The van der Waals surface area contributed by atoms with Crippen LogP contribution in [0.5, 0.6) is 5.75 Å². The lowest BCUT2D eigenvalue weighted by atomic mass is 10.2. The summed E-state index contributed by atoms with van der Waals surface area (Å²) in [6.45, 7) is 2.43. The predicted molar refractivity (Wildman–Crippen MR) is 95.3 cm³/mol. The van der Waals surface area contributed by atoms with E-state index >= 15 is 0 Å². The van der Waals surface area contributed by atoms with E-state index in [1.807, 2.05) is 61.5 Å². The van der Waals surface area contributed by atoms with Gasteiger partial charge >= 0.3 is 0 Å². The number of nitrogens with one attached hydrogen (secondary N) is 1. The van der Waals surface area contributed by atoms with E-state index in [-0.39, 0.29) is 12.5 Å². The number of nitrogens with zero attached hydrogens (tertiary/aromatic N) is 1. The average molecular weight is 336 g/mol. The Morgan fingerprint density at radius 3 is 2.68 bits per heavy atom. The molecular weight excluding hydrogens is 316 g/mol. The molecule has 3 rings (SSSR count). The Bertz CT molecular complexity index is 828. The minimum atomic E-state index is -0.157. The molecule has 0 radical (unpaired) electrons. The molecule has 3 aromatic rings. The van der Waals surface area contributed by atoms with Crippen LogP contribution in [-0.2, 0) is 11.2 Å². The normalized spacial score (nSPS) is 10.4. The molecule has 0 aliphatic rings. The average Bonchev–Trinajstić information content (AvgIpc) is 3.11. The summed E-state index contributed by atoms with van der Waals surface area (Å²) in [6.07, 6.45) is 2.23. The van der Waals surface area contributed by atoms with E-state index in [1.54, 1.807) is 6.26 Å². The van der Waals surface area contributed by atoms with Crippen molar-refractivity contribution < 1.29 is 13.9 Å². The Hall–Kier alpha value is -3.08. The zero-order valence-corrected chi connectivity index (χ0v) is 14.1. The van der Waals surface area contributed by atoms with Gasteiger partial charge in [-0.3, -0.25) is 4.79 Å². The van der Waals surface area contributed by atoms with E-state index in [1.165, 1.54) is 0 Å². The van der Waals surface area contributed by atoms with Crippen molar-refractivity contribution >= 4 is 5.91 Å². The Kier molecular flexibility index (Phi) is 5.46. The molecule has 1 amide bonds. The first-order chi connectivity index (χ1) is 12.2. The zero-order valence-electron chi connectivity index (χ0n) is 14.1. The lowest BCUT2D eigenvalue weighted by Gasteiger charge is -2.08. The van der Waals surface area contributed by atoms with Crippen molar-refractivity contribution in [3.05, 3.63) is 72.1 Å². The fraction of sp³-hybridized carbons (Fsp3) is 0.200. The SMILES string of the molecule is Cc1ccccc1OCC(=O)NCCc1coc(-c2ccccc2)n1. The summed E-state index contributed by atoms with van der Waals surface area (Å²) in [5, 5.41) is 2.82. The largest absolute Gasteiger partial charge is 0.484 e. The number of hydrogen-bond acceptors (Lipinski definition) is 4. The third-order valence-electron chi connectivity index (χ3n) is 3.73. The molecular formula is C20H20N2O3. The van der Waals surface area contributed by atoms with Gasteiger partial charge in [-0.1, -0.05) is 36.4 Å². The second-order valence-electron chi connectivity index (χ2n) is 5.66. The third kappa shape index (κ3) is 4.70. The predicted octanol–water partition coefficient (Wildman–Crippen LogP) is 3.39. The van der Waals surface area contributed by atoms with E-state index in [0.717, 1.165) is 22.6 Å². The first-order valence-corrected chi connectivity index (χ1v) is 8.17. The van der Waals surface area contributed by atoms with Crippen LogP contribution in [0.1, 0.15) is 11.3 Å². The second kappa shape index (κ2) is 8.15. The number of oxazole rings is 1. The molecule has 2 aromatic carbocycles. The molecule has 1 heterocycles. The van der Waals surface area contributed by atoms with Crippen molar-refractivity contribution in [2.24, 2.45) is 0 Å². The van der Waals surface area contributed by atoms with Crippen LogP contribution in [0.2, 0.25) is 0 Å². The molecule has 1 aromatic heterocycles. The fourth-order valence-electron chi connectivity index (χ4n) is 2.38. The molecule has 0 saturated heterocycles. The minimum absolute atomic E-state index is 0.00106. The number of carbonyl (C=O) groups excluding carboxylic acids is 1. The van der Waals surface area contributed by atoms with Gasteiger partial charge < -0.3 is 14.5 Å². The Balaban J connectivity index is 1.43. The maximum atomic E-state index is 11.9. The molecule has 128 valence electrons. The van der Waals surface area contributed by atoms with E-state index in [9.17, 15) is 4.79 Å². The molecule has 0 atom stereocenters. The topological polar surface area (TPSA) is 64.4 Å². The molecule has 5 nitrogen and oxygen atoms in total. The highest BCUT2D eigenvalue weighted by Gasteiger charge is 2.08. The van der Waals surface area contributed by atoms with E-state index in [4.69, 9.17) is 9.15 Å². The minimum Gasteiger partial charge on any atom is -0.484 e. The number of carbonyl (C=O) groups is 1. The van der Waals surface area contributed by atoms with Crippen LogP contribution < -0.4 is 10.1 Å². The van der Waals surface area contributed by atoms with Crippen molar-refractivity contribution in [3.63, 3.8) is 0 Å². The first kappa shape index (κ1) is 16.8. The fourth-order valence-corrected chi connectivity index (χ4v) is 2.38. The summed E-state index contributed by atoms with van der Waals surface area (Å²) in [7, 11) is 0. The molecule has 0 aliphatic carbocycles. The highest BCUT2D eigenvalue weighted by Crippen LogP contribution is 2.18. The second-order valence-corrected chi connectivity index (χ2v) is 5.66. The van der Waals surface area contributed by atoms with Gasteiger partial charge in [-0.05, 0) is 30.7 Å². The monoisotopic (exact) mass is 336 g/mol. The summed E-state index contributed by atoms with van der Waals surface area (Å²) in [5.74, 6) is 1.15. The molecule has 0 aliphatic heterocycles. The van der Waals surface area contributed by atoms with Gasteiger partial charge in [0, 0.05) is 18.5 Å². The van der Waals surface area contributed by atoms with Gasteiger partial charge in [0.1, 0.15) is 12.0 Å². The molecule has 5 heteroatoms. The van der Waals surface area contributed by atoms with Gasteiger partial charge in [-0.2, -0.15) is 0 Å². The highest BCUT2D eigenvalue weighted by molar-refractivity contribution is 5.77. The number of aryl methyl sites for hydroxylation is 1. The van der Waals surface area contributed by atoms with Gasteiger partial charge in [-0.25, -0.2) is 4.98 Å². The van der Waals surface area contributed by atoms with E-state index in [2.05, 4.69) is 10.3 Å². The first-order valence-electron chi connectivity index (χ1n) is 8.17. The van der Waals surface area contributed by atoms with Crippen LogP contribution >= 0.6 is 0 Å². The van der Waals surface area contributed by atoms with Gasteiger partial charge in [-0.15, -0.1) is 0 Å². The van der Waals surface area contributed by atoms with Crippen LogP contribution in [0.3, 0.4) is 0 Å². The highest BCUT2D eigenvalue weighted by atomic mass is 16.5. The Morgan fingerprint density at radius 1 is 1.12 bits per heavy atom. The van der Waals surface area contributed by atoms with E-state index in [0.29, 0.717) is 18.9 Å². The molecule has 0 fully saturated rings. The molecule has 1 N–H and O–H groups in total. The number of rotatable bonds is 7. The summed E-state index contributed by atoms with van der Waals surface area (Å²) in [5.41, 5.74) is 2.75. The number of hydrogen-bond donors (Lipinski definition) is 1. The number of para-hydroxylation sites is 1. The smallest absolute Gasteiger partial charge is 0.257 e. The third-order valence-corrected chi connectivity index (χ3v) is 3.73. The standard InChI is InChI=1S/C20H20N2O3/c1-15-7-5-6-10-18(15)24-14-19(23)21-12-11-17-13-25-20(22-17)16-8-3-2-4-9-16/h2-10,13H,11-12,14H2,1H3,(H,21,23). The molecule has 0 bridgehead atoms. The van der Waals surface area contributed by atoms with Crippen molar-refractivity contribution in [1.29, 1.82) is 0 Å². The lowest BCUT2D eigenvalue weighted by molar-refractivity contribution is -0.123. The van der Waals surface area contributed by atoms with Gasteiger partial charge in [0.25, 0.3) is 5.91 Å². The molecule has 0 saturated carbocycles. The maximum absolute atomic E-state index is 11.9. The number of benzene rings is 2. The summed E-state index contributed by atoms with van der Waals surface area (Å²) in [4.78, 5) is 16.3. The molecule has 0 unspecified atom stereocenters. The summed E-state index contributed by atoms with van der Waals surface area (Å²) >= 11 is 0. The van der Waals surface area contributed by atoms with Crippen molar-refractivity contribution in [1.82, 2.24) is 10.3 Å². The van der Waals surface area contributed by atoms with Crippen molar-refractivity contribution in [2.45, 2.75) is 13.3 Å². The van der Waals surface area contributed by atoms with Crippen molar-refractivity contribution in [2.75, 3.05) is 13.2 Å². The van der Waals surface area contributed by atoms with Crippen LogP contribution in [0.15, 0.2) is 65.3 Å². The van der Waals surface area contributed by atoms with Gasteiger partial charge in [0.05, 0.1) is 5.69 Å². The van der Waals surface area contributed by atoms with Crippen LogP contribution in [0.4, 0.5) is 0 Å². The summed E-state index contributed by atoms with van der Waals surface area (Å²) < 4.78 is 11.0. The van der Waals surface area contributed by atoms with Gasteiger partial charge in [0.15, 0.2) is 6.61 Å². The lowest BCUT2D eigenvalue weighted by Crippen LogP contribution is -2.30. The van der Waals surface area contributed by atoms with Crippen molar-refractivity contribution in [3.8, 4) is 17.2 Å². The summed E-state index contributed by atoms with van der Waals surface area (Å²) in [6, 6.07) is 17.3. The molecule has 0 spiro atoms. The number of ether oxygens (including phenoxy) is 1. The Labute approximate surface area is 146 Å². The van der Waals surface area contributed by atoms with Crippen LogP contribution in [0, 0.1) is 6.92 Å². The Morgan fingerprint density at radius 2 is 1.88 bits per heavy atom. The van der Waals surface area contributed by atoms with Gasteiger partial charge in [0.2, 0.25) is 5.89 Å². The number of aromatic nitrogens is 1. The van der Waals surface area contributed by atoms with E-state index < -0.39 is 0 Å². The quantitative estimate of drug-likeness (QED) is 0.718. The number of amides is 1. The van der Waals surface area contributed by atoms with Crippen LogP contribution in [0.25, 0.3) is 11.5 Å². The van der Waals surface area contributed by atoms with Crippen LogP contribution in [-0.4, -0.2) is 24.0 Å². The molecule has 25 heavy (non-hydrogen) atoms. The zero-order chi connectivity index (χ0) is 17.5.